The normalized spacial score (nSPS) is 29.2. The van der Waals surface area contributed by atoms with Crippen molar-refractivity contribution >= 4 is 23.0 Å². The number of ether oxygens (including phenoxy) is 5. The largest absolute Gasteiger partial charge is 0.508 e. The first kappa shape index (κ1) is 36.6. The summed E-state index contributed by atoms with van der Waals surface area (Å²) in [6, 6.07) is 13.5. The number of carbonyl (C=O) groups is 1. The van der Waals surface area contributed by atoms with E-state index in [-0.39, 0.29) is 34.2 Å². The minimum atomic E-state index is -1.75. The highest BCUT2D eigenvalue weighted by Crippen LogP contribution is 2.39. The van der Waals surface area contributed by atoms with Crippen molar-refractivity contribution in [2.24, 2.45) is 0 Å². The highest BCUT2D eigenvalue weighted by Gasteiger charge is 2.47. The summed E-state index contributed by atoms with van der Waals surface area (Å²) >= 11 is 0. The zero-order chi connectivity index (χ0) is 37.4. The zero-order valence-electron chi connectivity index (χ0n) is 27.5. The standard InChI is InChI=1S/C36H36O16/c1-15-26(41)29(44)31(46)35(47-15)49-21-13-22(39)25-23(14-21)50-32(18-6-10-20(38)11-7-18)33(28(25)43)52-36-34(30(45)27(42)16(2)48-36)51-24(40)12-5-17-3-8-19(37)9-4-17/h3-16,26-27,29-31,34-39,41-42,44-46H,1-2H3/b12-5+/t15?,16?,26-,27-,29+,30?,31?,34-,35-,36+/m0/s1. The fraction of sp³-hybridized carbons (Fsp3) is 0.333. The lowest BCUT2D eigenvalue weighted by Crippen LogP contribution is -2.59. The van der Waals surface area contributed by atoms with Gasteiger partial charge >= 0.3 is 5.97 Å². The maximum absolute atomic E-state index is 14.1. The monoisotopic (exact) mass is 724 g/mol. The molecule has 0 saturated carbocycles. The second-order valence-electron chi connectivity index (χ2n) is 12.4. The number of aromatic hydroxyl groups is 3. The van der Waals surface area contributed by atoms with Gasteiger partial charge in [0.05, 0.1) is 12.2 Å². The summed E-state index contributed by atoms with van der Waals surface area (Å²) in [6.07, 6.45) is -12.5. The molecule has 4 aromatic rings. The van der Waals surface area contributed by atoms with E-state index in [1.54, 1.807) is 0 Å². The first-order chi connectivity index (χ1) is 24.7. The maximum atomic E-state index is 14.1. The second-order valence-corrected chi connectivity index (χ2v) is 12.4. The molecule has 6 rings (SSSR count). The molecule has 2 saturated heterocycles. The third-order valence-corrected chi connectivity index (χ3v) is 8.67. The van der Waals surface area contributed by atoms with Gasteiger partial charge in [0.15, 0.2) is 11.9 Å². The van der Waals surface area contributed by atoms with E-state index in [0.29, 0.717) is 5.56 Å². The van der Waals surface area contributed by atoms with Crippen LogP contribution < -0.4 is 14.9 Å². The number of phenolic OH excluding ortho intramolecular Hbond substituents is 3. The van der Waals surface area contributed by atoms with Crippen LogP contribution in [-0.2, 0) is 19.0 Å². The van der Waals surface area contributed by atoms with E-state index in [2.05, 4.69) is 0 Å². The molecule has 276 valence electrons. The summed E-state index contributed by atoms with van der Waals surface area (Å²) in [7, 11) is 0. The molecule has 2 aliphatic rings. The molecule has 0 radical (unpaired) electrons. The van der Waals surface area contributed by atoms with Gasteiger partial charge in [-0.3, -0.25) is 4.79 Å². The van der Waals surface area contributed by atoms with Crippen LogP contribution in [0.5, 0.6) is 28.7 Å². The van der Waals surface area contributed by atoms with Gasteiger partial charge in [-0.1, -0.05) is 12.1 Å². The van der Waals surface area contributed by atoms with Crippen molar-refractivity contribution in [1.82, 2.24) is 0 Å². The molecule has 52 heavy (non-hydrogen) atoms. The smallest absolute Gasteiger partial charge is 0.331 e. The molecule has 3 aromatic carbocycles. The number of hydrogen-bond donors (Lipinski definition) is 8. The molecule has 16 heteroatoms. The Labute approximate surface area is 294 Å². The van der Waals surface area contributed by atoms with Gasteiger partial charge in [0, 0.05) is 23.8 Å². The lowest BCUT2D eigenvalue weighted by Gasteiger charge is -2.40. The molecular formula is C36H36O16. The lowest BCUT2D eigenvalue weighted by atomic mass is 9.99. The predicted molar refractivity (Wildman–Crippen MR) is 178 cm³/mol. The van der Waals surface area contributed by atoms with E-state index in [1.165, 1.54) is 74.5 Å². The van der Waals surface area contributed by atoms with E-state index in [9.17, 15) is 50.4 Å². The van der Waals surface area contributed by atoms with Gasteiger partial charge in [-0.25, -0.2) is 4.79 Å². The Bertz CT molecular complexity index is 1990. The van der Waals surface area contributed by atoms with Crippen LogP contribution in [0.3, 0.4) is 0 Å². The molecule has 4 unspecified atom stereocenters. The molecule has 0 bridgehead atoms. The van der Waals surface area contributed by atoms with Gasteiger partial charge in [-0.2, -0.15) is 0 Å². The molecular weight excluding hydrogens is 688 g/mol. The quantitative estimate of drug-likeness (QED) is 0.0940. The molecule has 2 fully saturated rings. The number of fused-ring (bicyclic) bond motifs is 1. The van der Waals surface area contributed by atoms with E-state index in [0.717, 1.165) is 12.1 Å². The fourth-order valence-corrected chi connectivity index (χ4v) is 5.74. The Balaban J connectivity index is 1.37. The summed E-state index contributed by atoms with van der Waals surface area (Å²) < 4.78 is 34.4. The van der Waals surface area contributed by atoms with Crippen molar-refractivity contribution < 1.29 is 73.7 Å². The van der Waals surface area contributed by atoms with Crippen LogP contribution in [0.25, 0.3) is 28.4 Å². The third kappa shape index (κ3) is 7.40. The number of carbonyl (C=O) groups excluding carboxylic acids is 1. The van der Waals surface area contributed by atoms with E-state index < -0.39 is 89.7 Å². The summed E-state index contributed by atoms with van der Waals surface area (Å²) in [5.41, 5.74) is -0.483. The van der Waals surface area contributed by atoms with Gasteiger partial charge in [-0.05, 0) is 61.9 Å². The average Bonchev–Trinajstić information content (AvgIpc) is 3.11. The number of esters is 1. The summed E-state index contributed by atoms with van der Waals surface area (Å²) in [5, 5.41) is 82.2. The molecule has 0 amide bonds. The van der Waals surface area contributed by atoms with Gasteiger partial charge in [0.25, 0.3) is 0 Å². The van der Waals surface area contributed by atoms with Crippen molar-refractivity contribution in [3.8, 4) is 40.1 Å². The number of phenols is 3. The van der Waals surface area contributed by atoms with Crippen LogP contribution in [0.4, 0.5) is 0 Å². The van der Waals surface area contributed by atoms with Crippen molar-refractivity contribution in [2.75, 3.05) is 0 Å². The Morgan fingerprint density at radius 2 is 1.33 bits per heavy atom. The Hall–Kier alpha value is -5.20. The minimum absolute atomic E-state index is 0.0167. The van der Waals surface area contributed by atoms with Crippen LogP contribution >= 0.6 is 0 Å². The van der Waals surface area contributed by atoms with E-state index >= 15 is 0 Å². The number of rotatable bonds is 8. The first-order valence-electron chi connectivity index (χ1n) is 16.1. The van der Waals surface area contributed by atoms with Gasteiger partial charge in [0.2, 0.25) is 23.8 Å². The molecule has 8 N–H and O–H groups in total. The average molecular weight is 725 g/mol. The molecule has 3 heterocycles. The van der Waals surface area contributed by atoms with Gasteiger partial charge in [-0.15, -0.1) is 0 Å². The second kappa shape index (κ2) is 14.8. The Morgan fingerprint density at radius 1 is 0.731 bits per heavy atom. The topological polar surface area (TPSA) is 255 Å². The molecule has 2 aliphatic heterocycles. The third-order valence-electron chi connectivity index (χ3n) is 8.67. The van der Waals surface area contributed by atoms with Crippen molar-refractivity contribution in [3.05, 3.63) is 82.5 Å². The van der Waals surface area contributed by atoms with Crippen molar-refractivity contribution in [3.63, 3.8) is 0 Å². The number of hydrogen-bond acceptors (Lipinski definition) is 16. The van der Waals surface area contributed by atoms with Gasteiger partial charge < -0.3 is 69.0 Å². The summed E-state index contributed by atoms with van der Waals surface area (Å²) in [6.45, 7) is 2.87. The zero-order valence-corrected chi connectivity index (χ0v) is 27.5. The first-order valence-corrected chi connectivity index (χ1v) is 16.1. The number of aliphatic hydroxyl groups excluding tert-OH is 5. The summed E-state index contributed by atoms with van der Waals surface area (Å²) in [5.74, 6) is -2.74. The highest BCUT2D eigenvalue weighted by molar-refractivity contribution is 5.89. The van der Waals surface area contributed by atoms with Crippen LogP contribution in [0, 0.1) is 0 Å². The number of aliphatic hydroxyl groups is 5. The Kier molecular flexibility index (Phi) is 10.4. The molecule has 10 atom stereocenters. The fourth-order valence-electron chi connectivity index (χ4n) is 5.74. The molecule has 0 aliphatic carbocycles. The number of benzene rings is 3. The van der Waals surface area contributed by atoms with Crippen molar-refractivity contribution in [1.29, 1.82) is 0 Å². The molecule has 16 nitrogen and oxygen atoms in total. The maximum Gasteiger partial charge on any atom is 0.331 e. The SMILES string of the molecule is CC1O[C@H](Oc2c(-c3ccc(O)cc3)oc3cc(O[C@@H]4OC(C)[C@H](O)[C@@H](O)C4O)cc(O)c3c2=O)[C@@H](OC(=O)/C=C/c2ccc(O)cc2)C(O)[C@H]1O. The van der Waals surface area contributed by atoms with Crippen molar-refractivity contribution in [2.45, 2.75) is 75.3 Å². The van der Waals surface area contributed by atoms with Crippen LogP contribution in [0.15, 0.2) is 76.0 Å². The van der Waals surface area contributed by atoms with Crippen LogP contribution in [0.2, 0.25) is 0 Å². The molecule has 0 spiro atoms. The summed E-state index contributed by atoms with van der Waals surface area (Å²) in [4.78, 5) is 27.0. The minimum Gasteiger partial charge on any atom is -0.508 e. The van der Waals surface area contributed by atoms with Crippen LogP contribution in [0.1, 0.15) is 19.4 Å². The highest BCUT2D eigenvalue weighted by atomic mass is 16.7. The molecule has 1 aromatic heterocycles. The van der Waals surface area contributed by atoms with E-state index in [4.69, 9.17) is 28.1 Å². The van der Waals surface area contributed by atoms with Gasteiger partial charge in [0.1, 0.15) is 64.5 Å². The lowest BCUT2D eigenvalue weighted by molar-refractivity contribution is -0.272. The van der Waals surface area contributed by atoms with Crippen LogP contribution in [-0.4, -0.2) is 108 Å². The predicted octanol–water partition coefficient (Wildman–Crippen LogP) is 1.25. The van der Waals surface area contributed by atoms with E-state index in [1.807, 2.05) is 0 Å². The Morgan fingerprint density at radius 3 is 1.98 bits per heavy atom.